The van der Waals surface area contributed by atoms with Crippen LogP contribution >= 0.6 is 23.5 Å². The Morgan fingerprint density at radius 3 is 2.55 bits per heavy atom. The van der Waals surface area contributed by atoms with Gasteiger partial charge >= 0.3 is 0 Å². The smallest absolute Gasteiger partial charge is 0.168 e. The van der Waals surface area contributed by atoms with Gasteiger partial charge in [-0.2, -0.15) is 0 Å². The van der Waals surface area contributed by atoms with Gasteiger partial charge in [0.25, 0.3) is 0 Å². The molecule has 2 aliphatic rings. The van der Waals surface area contributed by atoms with Crippen molar-refractivity contribution in [1.82, 2.24) is 0 Å². The summed E-state index contributed by atoms with van der Waals surface area (Å²) < 4.78 is 1.24. The van der Waals surface area contributed by atoms with Crippen molar-refractivity contribution in [2.75, 3.05) is 11.5 Å². The van der Waals surface area contributed by atoms with E-state index >= 15 is 0 Å². The Morgan fingerprint density at radius 1 is 1.27 bits per heavy atom. The highest BCUT2D eigenvalue weighted by molar-refractivity contribution is 8.25. The van der Waals surface area contributed by atoms with Gasteiger partial charge in [-0.25, -0.2) is 0 Å². The summed E-state index contributed by atoms with van der Waals surface area (Å²) >= 11 is 3.63. The number of hydrogen-bond donors (Lipinski definition) is 0. The molecule has 0 spiro atoms. The van der Waals surface area contributed by atoms with E-state index in [1.54, 1.807) is 0 Å². The normalized spacial score (nSPS) is 23.8. The Labute approximate surface area is 74.3 Å². The second kappa shape index (κ2) is 3.07. The predicted octanol–water partition coefficient (Wildman–Crippen LogP) is 2.21. The van der Waals surface area contributed by atoms with Crippen molar-refractivity contribution in [3.05, 3.63) is 22.0 Å². The van der Waals surface area contributed by atoms with Crippen LogP contribution in [-0.2, 0) is 4.79 Å². The molecule has 0 N–H and O–H groups in total. The molecule has 1 heterocycles. The van der Waals surface area contributed by atoms with Crippen molar-refractivity contribution in [3.63, 3.8) is 0 Å². The molecule has 3 heteroatoms. The van der Waals surface area contributed by atoms with E-state index in [4.69, 9.17) is 0 Å². The average molecular weight is 184 g/mol. The van der Waals surface area contributed by atoms with E-state index in [2.05, 4.69) is 0 Å². The lowest BCUT2D eigenvalue weighted by molar-refractivity contribution is -0.114. The van der Waals surface area contributed by atoms with Crippen molar-refractivity contribution < 1.29 is 4.79 Å². The standard InChI is InChI=1S/C8H8OS2/c9-7-3-1-2-6(7)8-10-4-5-11-8/h1-2H,3-5H2. The molecule has 0 saturated carbocycles. The van der Waals surface area contributed by atoms with Gasteiger partial charge in [-0.05, 0) is 0 Å². The van der Waals surface area contributed by atoms with Gasteiger partial charge in [0.2, 0.25) is 0 Å². The summed E-state index contributed by atoms with van der Waals surface area (Å²) in [5.74, 6) is 2.61. The minimum absolute atomic E-state index is 0.293. The number of rotatable bonds is 0. The molecule has 0 unspecified atom stereocenters. The van der Waals surface area contributed by atoms with Crippen molar-refractivity contribution >= 4 is 29.3 Å². The maximum atomic E-state index is 11.2. The molecule has 1 aliphatic heterocycles. The molecule has 2 rings (SSSR count). The summed E-state index contributed by atoms with van der Waals surface area (Å²) in [7, 11) is 0. The minimum atomic E-state index is 0.293. The third-order valence-corrected chi connectivity index (χ3v) is 4.40. The van der Waals surface area contributed by atoms with Crippen LogP contribution in [0.3, 0.4) is 0 Å². The summed E-state index contributed by atoms with van der Waals surface area (Å²) in [6.07, 6.45) is 4.52. The SMILES string of the molecule is O=C1CC=CC1=C1SCCS1. The molecule has 11 heavy (non-hydrogen) atoms. The van der Waals surface area contributed by atoms with Gasteiger partial charge in [-0.15, -0.1) is 23.5 Å². The quantitative estimate of drug-likeness (QED) is 0.537. The number of thioether (sulfide) groups is 2. The van der Waals surface area contributed by atoms with Gasteiger partial charge in [0.1, 0.15) is 0 Å². The fourth-order valence-electron chi connectivity index (χ4n) is 1.13. The first-order valence-electron chi connectivity index (χ1n) is 3.57. The van der Waals surface area contributed by atoms with Crippen LogP contribution in [0, 0.1) is 0 Å². The number of allylic oxidation sites excluding steroid dienone is 3. The Morgan fingerprint density at radius 2 is 2.00 bits per heavy atom. The van der Waals surface area contributed by atoms with Crippen molar-refractivity contribution in [2.45, 2.75) is 6.42 Å². The van der Waals surface area contributed by atoms with Crippen LogP contribution in [0.4, 0.5) is 0 Å². The number of carbonyl (C=O) groups is 1. The zero-order valence-electron chi connectivity index (χ0n) is 6.00. The molecule has 0 bridgehead atoms. The monoisotopic (exact) mass is 184 g/mol. The van der Waals surface area contributed by atoms with Crippen molar-refractivity contribution in [1.29, 1.82) is 0 Å². The minimum Gasteiger partial charge on any atom is -0.294 e. The highest BCUT2D eigenvalue weighted by Gasteiger charge is 2.19. The highest BCUT2D eigenvalue weighted by Crippen LogP contribution is 2.40. The first kappa shape index (κ1) is 7.50. The van der Waals surface area contributed by atoms with Crippen LogP contribution in [0.15, 0.2) is 22.0 Å². The molecule has 0 aromatic carbocycles. The summed E-state index contributed by atoms with van der Waals surface area (Å²) in [6.45, 7) is 0. The fraction of sp³-hybridized carbons (Fsp3) is 0.375. The maximum Gasteiger partial charge on any atom is 0.168 e. The zero-order valence-corrected chi connectivity index (χ0v) is 7.63. The van der Waals surface area contributed by atoms with Gasteiger partial charge in [-0.1, -0.05) is 12.2 Å². The van der Waals surface area contributed by atoms with Crippen molar-refractivity contribution in [2.24, 2.45) is 0 Å². The third-order valence-electron chi connectivity index (χ3n) is 1.66. The molecular formula is C8H8OS2. The van der Waals surface area contributed by atoms with Crippen molar-refractivity contribution in [3.8, 4) is 0 Å². The largest absolute Gasteiger partial charge is 0.294 e. The van der Waals surface area contributed by atoms with E-state index in [-0.39, 0.29) is 0 Å². The van der Waals surface area contributed by atoms with Crippen LogP contribution < -0.4 is 0 Å². The lowest BCUT2D eigenvalue weighted by Crippen LogP contribution is -1.92. The molecule has 0 radical (unpaired) electrons. The summed E-state index contributed by atoms with van der Waals surface area (Å²) in [5.41, 5.74) is 0.956. The Bertz CT molecular complexity index is 245. The molecule has 1 nitrogen and oxygen atoms in total. The molecular weight excluding hydrogens is 176 g/mol. The second-order valence-corrected chi connectivity index (χ2v) is 4.90. The molecule has 0 aromatic heterocycles. The molecule has 0 atom stereocenters. The zero-order chi connectivity index (χ0) is 7.68. The first-order chi connectivity index (χ1) is 5.38. The maximum absolute atomic E-state index is 11.2. The molecule has 1 saturated heterocycles. The van der Waals surface area contributed by atoms with Gasteiger partial charge in [-0.3, -0.25) is 4.79 Å². The van der Waals surface area contributed by atoms with Gasteiger partial charge < -0.3 is 0 Å². The van der Waals surface area contributed by atoms with Gasteiger partial charge in [0.15, 0.2) is 5.78 Å². The third kappa shape index (κ3) is 1.40. The first-order valence-corrected chi connectivity index (χ1v) is 5.54. The number of carbonyl (C=O) groups excluding carboxylic acids is 1. The molecule has 0 amide bonds. The summed E-state index contributed by atoms with van der Waals surface area (Å²) in [5, 5.41) is 0. The van der Waals surface area contributed by atoms with Gasteiger partial charge in [0.05, 0.1) is 4.24 Å². The van der Waals surface area contributed by atoms with Crippen LogP contribution in [-0.4, -0.2) is 17.3 Å². The van der Waals surface area contributed by atoms with Crippen LogP contribution in [0.2, 0.25) is 0 Å². The topological polar surface area (TPSA) is 17.1 Å². The molecule has 0 aromatic rings. The van der Waals surface area contributed by atoms with Crippen LogP contribution in [0.25, 0.3) is 0 Å². The summed E-state index contributed by atoms with van der Waals surface area (Å²) in [4.78, 5) is 11.2. The number of ketones is 1. The second-order valence-electron chi connectivity index (χ2n) is 2.43. The van der Waals surface area contributed by atoms with E-state index in [1.807, 2.05) is 35.7 Å². The fourth-order valence-corrected chi connectivity index (χ4v) is 3.68. The Hall–Kier alpha value is -0.150. The summed E-state index contributed by atoms with van der Waals surface area (Å²) in [6, 6.07) is 0. The lowest BCUT2D eigenvalue weighted by Gasteiger charge is -1.96. The van der Waals surface area contributed by atoms with E-state index in [9.17, 15) is 4.79 Å². The Balaban J connectivity index is 2.30. The van der Waals surface area contributed by atoms with Crippen LogP contribution in [0.5, 0.6) is 0 Å². The molecule has 58 valence electrons. The number of Topliss-reactive ketones (excluding diaryl/α,β-unsaturated/α-hetero) is 1. The average Bonchev–Trinajstić information content (AvgIpc) is 2.55. The molecule has 1 fully saturated rings. The van der Waals surface area contributed by atoms with Gasteiger partial charge in [0, 0.05) is 23.5 Å². The highest BCUT2D eigenvalue weighted by atomic mass is 32.2. The molecule has 1 aliphatic carbocycles. The predicted molar refractivity (Wildman–Crippen MR) is 50.7 cm³/mol. The van der Waals surface area contributed by atoms with E-state index in [0.717, 1.165) is 17.1 Å². The van der Waals surface area contributed by atoms with Crippen LogP contribution in [0.1, 0.15) is 6.42 Å². The Kier molecular flexibility index (Phi) is 2.09. The van der Waals surface area contributed by atoms with E-state index in [0.29, 0.717) is 12.2 Å². The van der Waals surface area contributed by atoms with E-state index < -0.39 is 0 Å². The van der Waals surface area contributed by atoms with E-state index in [1.165, 1.54) is 4.24 Å². The number of hydrogen-bond acceptors (Lipinski definition) is 3. The lowest BCUT2D eigenvalue weighted by atomic mass is 10.2.